The summed E-state index contributed by atoms with van der Waals surface area (Å²) in [5.74, 6) is 4.01. The number of aliphatic hydroxyl groups is 2. The summed E-state index contributed by atoms with van der Waals surface area (Å²) in [6.45, 7) is 12.7. The molecule has 10 nitrogen and oxygen atoms in total. The third-order valence-electron chi connectivity index (χ3n) is 33.4. The third-order valence-corrected chi connectivity index (χ3v) is 33.4. The molecule has 0 bridgehead atoms. The van der Waals surface area contributed by atoms with Crippen LogP contribution in [0, 0.1) is 114 Å². The van der Waals surface area contributed by atoms with Crippen LogP contribution in [0.1, 0.15) is 285 Å². The highest BCUT2D eigenvalue weighted by molar-refractivity contribution is 5.75. The molecule has 8 saturated carbocycles. The van der Waals surface area contributed by atoms with Crippen molar-refractivity contribution in [2.45, 2.75) is 273 Å². The summed E-state index contributed by atoms with van der Waals surface area (Å²) >= 11 is 0. The molecular formula is C100H128N4O6. The zero-order chi connectivity index (χ0) is 84.9. The summed E-state index contributed by atoms with van der Waals surface area (Å²) in [4.78, 5) is 40.1. The molecule has 0 aromatic carbocycles. The van der Waals surface area contributed by atoms with Crippen LogP contribution in [-0.4, -0.2) is 66.5 Å². The molecule has 16 aliphatic carbocycles. The van der Waals surface area contributed by atoms with E-state index in [0.29, 0.717) is 78.4 Å². The molecule has 4 aromatic rings. The first-order valence-corrected chi connectivity index (χ1v) is 42.8. The van der Waals surface area contributed by atoms with Gasteiger partial charge in [0.05, 0.1) is 12.2 Å². The predicted octanol–water partition coefficient (Wildman–Crippen LogP) is 22.7. The van der Waals surface area contributed by atoms with Gasteiger partial charge in [0.15, 0.2) is 0 Å². The van der Waals surface area contributed by atoms with E-state index in [4.69, 9.17) is 17.7 Å². The first kappa shape index (κ1) is 64.7. The SMILES string of the molecule is [2H]C([2H])([2H])[C@]12CCC3C(CC=C4C[C@@H](O)CC[C@@]43C)C1CC=C2c1cccnc1.[2H]C([2H])([2H])[C@]12CCC3C(CC=C4C[C@@H](OC(C)=O)CC[C@@]43C)C1CC=C2c1cccnc1.[2H]C1([2H])CC2C(CC=C3C[C@@H](O)CC[C@@]32C)C2CC=C(c3cccnc3)[C@]21C.[2H]C1([2H])CC2C(CC=C3C[C@@H](OC(C)=O)CC[C@@]32C)C2CC=C(c3cccnc3)[C@]21C. The highest BCUT2D eigenvalue weighted by Gasteiger charge is 2.62. The Balaban J connectivity index is 0.000000114. The second-order valence-corrected chi connectivity index (χ2v) is 38.3. The zero-order valence-electron chi connectivity index (χ0n) is 76.8. The van der Waals surface area contributed by atoms with Gasteiger partial charge in [0.1, 0.15) is 12.2 Å². The lowest BCUT2D eigenvalue weighted by Gasteiger charge is -2.57. The Morgan fingerprint density at radius 2 is 0.645 bits per heavy atom. The molecule has 0 spiro atoms. The van der Waals surface area contributed by atoms with Gasteiger partial charge in [0, 0.05) is 90.0 Å². The molecule has 4 heterocycles. The van der Waals surface area contributed by atoms with Crippen molar-refractivity contribution in [2.75, 3.05) is 0 Å². The van der Waals surface area contributed by atoms with Crippen molar-refractivity contribution in [3.63, 3.8) is 0 Å². The quantitative estimate of drug-likeness (QED) is 0.141. The lowest BCUT2D eigenvalue weighted by molar-refractivity contribution is -0.149. The fourth-order valence-corrected chi connectivity index (χ4v) is 27.6. The number of hydrogen-bond acceptors (Lipinski definition) is 10. The molecule has 20 rings (SSSR count). The molecule has 0 aliphatic heterocycles. The van der Waals surface area contributed by atoms with Crippen molar-refractivity contribution < 1.29 is 43.0 Å². The Morgan fingerprint density at radius 1 is 0.364 bits per heavy atom. The standard InChI is InChI=1S/2C26H33NO2.2C24H31NO/c2*1-17(28)29-20-10-12-25(2)19(15-20)6-7-21-23-9-8-22(18-5-4-14-27-16-18)26(23,3)13-11-24(21)25;2*1-23-11-9-18(26)14-17(23)5-6-19-21-8-7-20(16-4-3-13-25-15-16)24(21,2)12-10-22(19)23/h2*4-6,8,14,16,20-21,23-24H,7,9-13,15H2,1-3H3;2*3-5,7,13,15,18-19,21-22,26H,6,8-12,14H2,1-2H3/t2*20-,21?,23?,24?,25-,26+;2*18-,19?,21?,22?,23-,24+/m0000/s1/i13D2;3D3;12D2;2D3. The maximum Gasteiger partial charge on any atom is 0.302 e. The summed E-state index contributed by atoms with van der Waals surface area (Å²) < 4.78 is 99.9. The van der Waals surface area contributed by atoms with Crippen molar-refractivity contribution >= 4 is 34.2 Å². The number of rotatable bonds is 6. The number of carbonyl (C=O) groups is 2. The van der Waals surface area contributed by atoms with Crippen molar-refractivity contribution in [3.05, 3.63) is 191 Å². The van der Waals surface area contributed by atoms with Gasteiger partial charge in [-0.1, -0.05) is 150 Å². The second kappa shape index (κ2) is 29.3. The number of carbonyl (C=O) groups excluding carboxylic acids is 2. The number of aromatic nitrogens is 4. The number of ether oxygens (including phenoxy) is 2. The van der Waals surface area contributed by atoms with Crippen molar-refractivity contribution in [1.82, 2.24) is 19.9 Å². The van der Waals surface area contributed by atoms with Gasteiger partial charge < -0.3 is 19.7 Å². The third kappa shape index (κ3) is 12.9. The van der Waals surface area contributed by atoms with Gasteiger partial charge in [0.25, 0.3) is 0 Å². The molecule has 4 aromatic heterocycles. The Bertz CT molecular complexity index is 4830. The molecular weight excluding hydrogens is 1350 g/mol. The lowest BCUT2D eigenvalue weighted by Crippen LogP contribution is -2.50. The molecule has 16 aliphatic rings. The first-order chi connectivity index (χ1) is 56.9. The van der Waals surface area contributed by atoms with Crippen molar-refractivity contribution in [1.29, 1.82) is 0 Å². The summed E-state index contributed by atoms with van der Waals surface area (Å²) in [5, 5.41) is 20.4. The van der Waals surface area contributed by atoms with Gasteiger partial charge in [-0.2, -0.15) is 0 Å². The molecule has 0 saturated heterocycles. The Labute approximate surface area is 672 Å². The smallest absolute Gasteiger partial charge is 0.302 e. The Hall–Kier alpha value is -6.62. The number of aliphatic hydroxyl groups excluding tert-OH is 2. The number of nitrogens with zero attached hydrogens (tertiary/aromatic N) is 4. The molecule has 2 N–H and O–H groups in total. The molecule has 0 radical (unpaired) electrons. The van der Waals surface area contributed by atoms with Crippen LogP contribution in [0.3, 0.4) is 0 Å². The van der Waals surface area contributed by atoms with Crippen LogP contribution in [0.25, 0.3) is 22.3 Å². The van der Waals surface area contributed by atoms with E-state index in [1.54, 1.807) is 24.8 Å². The number of allylic oxidation sites excluding steroid dienone is 12. The highest BCUT2D eigenvalue weighted by atomic mass is 16.5. The van der Waals surface area contributed by atoms with Gasteiger partial charge in [0.2, 0.25) is 0 Å². The average molecular weight is 1490 g/mol. The summed E-state index contributed by atoms with van der Waals surface area (Å²) in [6, 6.07) is 15.9. The normalized spacial score (nSPS) is 45.0. The van der Waals surface area contributed by atoms with Crippen LogP contribution in [0.4, 0.5) is 0 Å². The van der Waals surface area contributed by atoms with Crippen molar-refractivity contribution in [3.8, 4) is 0 Å². The van der Waals surface area contributed by atoms with E-state index >= 15 is 0 Å². The van der Waals surface area contributed by atoms with E-state index in [-0.39, 0.29) is 69.9 Å². The zero-order valence-corrected chi connectivity index (χ0v) is 66.8. The number of pyridine rings is 4. The topological polar surface area (TPSA) is 145 Å². The van der Waals surface area contributed by atoms with E-state index in [1.807, 2.05) is 61.2 Å². The second-order valence-electron chi connectivity index (χ2n) is 38.3. The maximum atomic E-state index is 11.5. The van der Waals surface area contributed by atoms with Gasteiger partial charge in [-0.05, 0) is 350 Å². The summed E-state index contributed by atoms with van der Waals surface area (Å²) in [7, 11) is 0. The minimum atomic E-state index is -2.04. The number of fused-ring (bicyclic) bond motifs is 20. The summed E-state index contributed by atoms with van der Waals surface area (Å²) in [5.41, 5.74) is 11.8. The van der Waals surface area contributed by atoms with Crippen LogP contribution in [-0.2, 0) is 19.1 Å². The van der Waals surface area contributed by atoms with Gasteiger partial charge in [-0.25, -0.2) is 0 Å². The van der Waals surface area contributed by atoms with E-state index in [0.717, 1.165) is 192 Å². The van der Waals surface area contributed by atoms with Crippen LogP contribution < -0.4 is 0 Å². The van der Waals surface area contributed by atoms with Crippen LogP contribution in [0.15, 0.2) is 169 Å². The molecule has 110 heavy (non-hydrogen) atoms. The predicted molar refractivity (Wildman–Crippen MR) is 440 cm³/mol. The molecule has 12 unspecified atom stereocenters. The number of esters is 2. The number of hydrogen-bond donors (Lipinski definition) is 2. The largest absolute Gasteiger partial charge is 0.462 e. The van der Waals surface area contributed by atoms with Crippen LogP contribution in [0.2, 0.25) is 0 Å². The minimum Gasteiger partial charge on any atom is -0.462 e. The molecule has 8 fully saturated rings. The maximum absolute atomic E-state index is 11.5. The first-order valence-electron chi connectivity index (χ1n) is 47.8. The van der Waals surface area contributed by atoms with Gasteiger partial charge in [-0.3, -0.25) is 29.5 Å². The lowest BCUT2D eigenvalue weighted by atomic mass is 9.47. The van der Waals surface area contributed by atoms with E-state index in [2.05, 4.69) is 122 Å². The molecule has 24 atom stereocenters. The van der Waals surface area contributed by atoms with E-state index < -0.39 is 48.1 Å². The Morgan fingerprint density at radius 3 is 0.945 bits per heavy atom. The Kier molecular flexibility index (Phi) is 17.3. The monoisotopic (exact) mass is 1490 g/mol. The van der Waals surface area contributed by atoms with Gasteiger partial charge >= 0.3 is 11.9 Å². The van der Waals surface area contributed by atoms with E-state index in [9.17, 15) is 25.3 Å². The fourth-order valence-electron chi connectivity index (χ4n) is 27.6. The van der Waals surface area contributed by atoms with Crippen LogP contribution >= 0.6 is 0 Å². The minimum absolute atomic E-state index is 0.00526. The fraction of sp³-hybridized carbons (Fsp3) is 0.620. The summed E-state index contributed by atoms with van der Waals surface area (Å²) in [6.07, 6.45) is 52.8. The van der Waals surface area contributed by atoms with Crippen molar-refractivity contribution in [2.24, 2.45) is 114 Å². The van der Waals surface area contributed by atoms with E-state index in [1.165, 1.54) is 36.1 Å². The molecule has 0 amide bonds. The molecule has 10 heteroatoms. The van der Waals surface area contributed by atoms with Crippen LogP contribution in [0.5, 0.6) is 0 Å². The molecule has 584 valence electrons. The average Bonchev–Trinajstić information content (AvgIpc) is 1.44. The highest BCUT2D eigenvalue weighted by Crippen LogP contribution is 2.72. The van der Waals surface area contributed by atoms with Gasteiger partial charge in [-0.15, -0.1) is 0 Å².